The Kier molecular flexibility index (Phi) is 4.84. The molecule has 60 valence electrons. The van der Waals surface area contributed by atoms with Crippen molar-refractivity contribution in [3.05, 3.63) is 10.1 Å². The van der Waals surface area contributed by atoms with Crippen LogP contribution in [-0.4, -0.2) is 24.6 Å². The van der Waals surface area contributed by atoms with Crippen molar-refractivity contribution in [2.45, 2.75) is 25.8 Å². The molecule has 0 aliphatic carbocycles. The van der Waals surface area contributed by atoms with Crippen LogP contribution in [0.4, 0.5) is 0 Å². The lowest BCUT2D eigenvalue weighted by Gasteiger charge is -2.04. The molecular formula is C6H14N2O2. The quantitative estimate of drug-likeness (QED) is 0.457. The van der Waals surface area contributed by atoms with Gasteiger partial charge in [-0.05, 0) is 7.05 Å². The van der Waals surface area contributed by atoms with Gasteiger partial charge in [0.1, 0.15) is 0 Å². The molecule has 4 heteroatoms. The topological polar surface area (TPSA) is 55.2 Å². The van der Waals surface area contributed by atoms with Gasteiger partial charge in [0.15, 0.2) is 0 Å². The third-order valence-corrected chi connectivity index (χ3v) is 1.50. The molecule has 0 radical (unpaired) electrons. The van der Waals surface area contributed by atoms with E-state index in [1.54, 1.807) is 7.05 Å². The van der Waals surface area contributed by atoms with E-state index in [0.29, 0.717) is 12.8 Å². The number of hydrogen-bond donors (Lipinski definition) is 1. The highest BCUT2D eigenvalue weighted by Crippen LogP contribution is 1.99. The van der Waals surface area contributed by atoms with E-state index in [4.69, 9.17) is 0 Å². The Labute approximate surface area is 60.8 Å². The molecule has 1 atom stereocenters. The lowest BCUT2D eigenvalue weighted by atomic mass is 10.2. The standard InChI is InChI=1S/C6H14N2O2/c1-3-6(8(9)10)4-5-7-2/h6-7H,3-5H2,1-2H3. The first-order chi connectivity index (χ1) is 4.72. The lowest BCUT2D eigenvalue weighted by Crippen LogP contribution is -2.23. The van der Waals surface area contributed by atoms with E-state index in [9.17, 15) is 10.1 Å². The predicted molar refractivity (Wildman–Crippen MR) is 39.6 cm³/mol. The molecule has 0 aromatic heterocycles. The van der Waals surface area contributed by atoms with E-state index in [1.165, 1.54) is 0 Å². The summed E-state index contributed by atoms with van der Waals surface area (Å²) in [5.74, 6) is 0. The van der Waals surface area contributed by atoms with Crippen LogP contribution in [-0.2, 0) is 0 Å². The van der Waals surface area contributed by atoms with Gasteiger partial charge in [-0.2, -0.15) is 0 Å². The largest absolute Gasteiger partial charge is 0.319 e. The highest BCUT2D eigenvalue weighted by molar-refractivity contribution is 4.54. The second-order valence-electron chi connectivity index (χ2n) is 2.24. The molecule has 10 heavy (non-hydrogen) atoms. The monoisotopic (exact) mass is 146 g/mol. The van der Waals surface area contributed by atoms with Gasteiger partial charge in [-0.25, -0.2) is 0 Å². The number of hydrogen-bond acceptors (Lipinski definition) is 3. The predicted octanol–water partition coefficient (Wildman–Crippen LogP) is 0.651. The summed E-state index contributed by atoms with van der Waals surface area (Å²) in [4.78, 5) is 10.0. The Morgan fingerprint density at radius 1 is 1.70 bits per heavy atom. The van der Waals surface area contributed by atoms with Crippen LogP contribution in [0.5, 0.6) is 0 Å². The van der Waals surface area contributed by atoms with Gasteiger partial charge >= 0.3 is 0 Å². The zero-order chi connectivity index (χ0) is 7.98. The van der Waals surface area contributed by atoms with Crippen LogP contribution in [0.2, 0.25) is 0 Å². The molecule has 0 saturated heterocycles. The molecule has 0 aliphatic heterocycles. The van der Waals surface area contributed by atoms with Gasteiger partial charge in [-0.3, -0.25) is 10.1 Å². The molecule has 4 nitrogen and oxygen atoms in total. The van der Waals surface area contributed by atoms with Gasteiger partial charge in [-0.1, -0.05) is 6.92 Å². The fraction of sp³-hybridized carbons (Fsp3) is 1.00. The SMILES string of the molecule is CCC(CCNC)[N+](=O)[O-]. The second-order valence-corrected chi connectivity index (χ2v) is 2.24. The summed E-state index contributed by atoms with van der Waals surface area (Å²) in [6, 6.07) is -0.368. The van der Waals surface area contributed by atoms with E-state index in [2.05, 4.69) is 5.32 Å². The molecule has 1 unspecified atom stereocenters. The maximum absolute atomic E-state index is 10.2. The summed E-state index contributed by atoms with van der Waals surface area (Å²) in [6.07, 6.45) is 1.24. The average molecular weight is 146 g/mol. The third-order valence-electron chi connectivity index (χ3n) is 1.50. The summed E-state index contributed by atoms with van der Waals surface area (Å²) < 4.78 is 0. The van der Waals surface area contributed by atoms with Crippen LogP contribution >= 0.6 is 0 Å². The van der Waals surface area contributed by atoms with E-state index >= 15 is 0 Å². The van der Waals surface area contributed by atoms with E-state index in [-0.39, 0.29) is 11.0 Å². The molecule has 0 fully saturated rings. The maximum Gasteiger partial charge on any atom is 0.214 e. The Hall–Kier alpha value is -0.640. The first kappa shape index (κ1) is 9.36. The van der Waals surface area contributed by atoms with Crippen LogP contribution < -0.4 is 5.32 Å². The molecular weight excluding hydrogens is 132 g/mol. The van der Waals surface area contributed by atoms with E-state index in [0.717, 1.165) is 6.54 Å². The summed E-state index contributed by atoms with van der Waals surface area (Å²) in [5, 5.41) is 13.1. The highest BCUT2D eigenvalue weighted by atomic mass is 16.6. The smallest absolute Gasteiger partial charge is 0.214 e. The fourth-order valence-electron chi connectivity index (χ4n) is 0.770. The van der Waals surface area contributed by atoms with E-state index in [1.807, 2.05) is 6.92 Å². The summed E-state index contributed by atoms with van der Waals surface area (Å²) in [5.41, 5.74) is 0. The zero-order valence-corrected chi connectivity index (χ0v) is 6.46. The Morgan fingerprint density at radius 2 is 2.30 bits per heavy atom. The molecule has 0 aromatic carbocycles. The van der Waals surface area contributed by atoms with Crippen LogP contribution in [0.15, 0.2) is 0 Å². The molecule has 0 heterocycles. The number of nitro groups is 1. The lowest BCUT2D eigenvalue weighted by molar-refractivity contribution is -0.523. The van der Waals surface area contributed by atoms with Crippen molar-refractivity contribution in [3.63, 3.8) is 0 Å². The van der Waals surface area contributed by atoms with Crippen molar-refractivity contribution in [1.82, 2.24) is 5.32 Å². The molecule has 0 saturated carbocycles. The molecule has 1 N–H and O–H groups in total. The van der Waals surface area contributed by atoms with Crippen molar-refractivity contribution >= 4 is 0 Å². The van der Waals surface area contributed by atoms with Gasteiger partial charge in [-0.15, -0.1) is 0 Å². The van der Waals surface area contributed by atoms with E-state index < -0.39 is 0 Å². The second kappa shape index (κ2) is 5.17. The molecule has 0 aliphatic rings. The van der Waals surface area contributed by atoms with Crippen molar-refractivity contribution < 1.29 is 4.92 Å². The Morgan fingerprint density at radius 3 is 2.60 bits per heavy atom. The molecule has 0 bridgehead atoms. The Bertz CT molecular complexity index is 106. The minimum atomic E-state index is -0.368. The molecule has 0 amide bonds. The summed E-state index contributed by atoms with van der Waals surface area (Å²) in [6.45, 7) is 2.56. The molecule has 0 rings (SSSR count). The molecule has 0 aromatic rings. The fourth-order valence-corrected chi connectivity index (χ4v) is 0.770. The number of nitrogens with one attached hydrogen (secondary N) is 1. The van der Waals surface area contributed by atoms with Gasteiger partial charge in [0, 0.05) is 24.3 Å². The number of rotatable bonds is 5. The van der Waals surface area contributed by atoms with Crippen LogP contribution in [0.1, 0.15) is 19.8 Å². The first-order valence-electron chi connectivity index (χ1n) is 3.50. The Balaban J connectivity index is 3.50. The van der Waals surface area contributed by atoms with Crippen molar-refractivity contribution in [3.8, 4) is 0 Å². The van der Waals surface area contributed by atoms with Gasteiger partial charge < -0.3 is 5.32 Å². The van der Waals surface area contributed by atoms with Crippen molar-refractivity contribution in [2.24, 2.45) is 0 Å². The summed E-state index contributed by atoms with van der Waals surface area (Å²) >= 11 is 0. The minimum absolute atomic E-state index is 0.211. The van der Waals surface area contributed by atoms with Crippen LogP contribution in [0.3, 0.4) is 0 Å². The third kappa shape index (κ3) is 3.40. The summed E-state index contributed by atoms with van der Waals surface area (Å²) in [7, 11) is 1.80. The zero-order valence-electron chi connectivity index (χ0n) is 6.46. The maximum atomic E-state index is 10.2. The van der Waals surface area contributed by atoms with Gasteiger partial charge in [0.05, 0.1) is 0 Å². The van der Waals surface area contributed by atoms with Crippen molar-refractivity contribution in [1.29, 1.82) is 0 Å². The number of nitrogens with zero attached hydrogens (tertiary/aromatic N) is 1. The normalized spacial score (nSPS) is 13.0. The minimum Gasteiger partial charge on any atom is -0.319 e. The van der Waals surface area contributed by atoms with Gasteiger partial charge in [0.2, 0.25) is 6.04 Å². The highest BCUT2D eigenvalue weighted by Gasteiger charge is 2.15. The van der Waals surface area contributed by atoms with Gasteiger partial charge in [0.25, 0.3) is 0 Å². The van der Waals surface area contributed by atoms with Crippen molar-refractivity contribution in [2.75, 3.05) is 13.6 Å². The molecule has 0 spiro atoms. The average Bonchev–Trinajstić information content (AvgIpc) is 1.89. The van der Waals surface area contributed by atoms with Crippen LogP contribution in [0.25, 0.3) is 0 Å². The van der Waals surface area contributed by atoms with Crippen LogP contribution in [0, 0.1) is 10.1 Å². The first-order valence-corrected chi connectivity index (χ1v) is 3.50.